The highest BCUT2D eigenvalue weighted by molar-refractivity contribution is 5.69. The zero-order valence-electron chi connectivity index (χ0n) is 10.8. The van der Waals surface area contributed by atoms with E-state index >= 15 is 0 Å². The maximum atomic E-state index is 11.4. The molecule has 0 aliphatic heterocycles. The van der Waals surface area contributed by atoms with Crippen LogP contribution in [0.1, 0.15) is 0 Å². The monoisotopic (exact) mass is 268 g/mol. The number of aromatic nitrogens is 5. The quantitative estimate of drug-likeness (QED) is 0.735. The minimum absolute atomic E-state index is 0.146. The van der Waals surface area contributed by atoms with Crippen molar-refractivity contribution in [3.8, 4) is 16.9 Å². The second-order valence-electron chi connectivity index (χ2n) is 4.32. The first-order chi connectivity index (χ1) is 9.65. The molecule has 0 bridgehead atoms. The molecule has 3 rings (SSSR count). The average Bonchev–Trinajstić information content (AvgIpc) is 2.93. The van der Waals surface area contributed by atoms with Gasteiger partial charge in [-0.1, -0.05) is 23.4 Å². The molecule has 0 saturated carbocycles. The normalized spacial score (nSPS) is 10.7. The highest BCUT2D eigenvalue weighted by Gasteiger charge is 2.11. The average molecular weight is 268 g/mol. The van der Waals surface area contributed by atoms with Gasteiger partial charge < -0.3 is 10.3 Å². The molecule has 0 amide bonds. The van der Waals surface area contributed by atoms with Gasteiger partial charge in [0.2, 0.25) is 0 Å². The summed E-state index contributed by atoms with van der Waals surface area (Å²) in [5.74, 6) is 0.146. The van der Waals surface area contributed by atoms with Gasteiger partial charge in [0.15, 0.2) is 0 Å². The lowest BCUT2D eigenvalue weighted by molar-refractivity contribution is 0.802. The Morgan fingerprint density at radius 3 is 2.65 bits per heavy atom. The standard InChI is InChI=1S/C13H12N6O/c1-18-7-10(12(14)15-13(18)20)11-8-19(17-16-11)9-5-3-2-4-6-9/h2-8H,1H3,(H2,14,15,20). The number of aryl methyl sites for hydroxylation is 1. The summed E-state index contributed by atoms with van der Waals surface area (Å²) in [6, 6.07) is 9.59. The van der Waals surface area contributed by atoms with Gasteiger partial charge in [0, 0.05) is 13.2 Å². The molecule has 0 aliphatic carbocycles. The number of nitrogens with two attached hydrogens (primary N) is 1. The molecule has 0 aliphatic rings. The number of rotatable bonds is 2. The Hall–Kier alpha value is -2.96. The molecule has 20 heavy (non-hydrogen) atoms. The van der Waals surface area contributed by atoms with Crippen molar-refractivity contribution >= 4 is 5.82 Å². The molecule has 0 atom stereocenters. The third-order valence-electron chi connectivity index (χ3n) is 2.91. The second kappa shape index (κ2) is 4.61. The van der Waals surface area contributed by atoms with Crippen molar-refractivity contribution in [1.82, 2.24) is 24.5 Å². The molecular weight excluding hydrogens is 256 g/mol. The lowest BCUT2D eigenvalue weighted by Gasteiger charge is -2.02. The predicted molar refractivity (Wildman–Crippen MR) is 74.2 cm³/mol. The first-order valence-electron chi connectivity index (χ1n) is 5.96. The van der Waals surface area contributed by atoms with Crippen LogP contribution in [0.25, 0.3) is 16.9 Å². The summed E-state index contributed by atoms with van der Waals surface area (Å²) in [5.41, 5.74) is 7.40. The van der Waals surface area contributed by atoms with Crippen LogP contribution in [0.4, 0.5) is 5.82 Å². The van der Waals surface area contributed by atoms with E-state index in [1.54, 1.807) is 24.1 Å². The Kier molecular flexibility index (Phi) is 2.79. The zero-order valence-corrected chi connectivity index (χ0v) is 10.8. The summed E-state index contributed by atoms with van der Waals surface area (Å²) in [6.45, 7) is 0. The molecule has 0 radical (unpaired) electrons. The van der Waals surface area contributed by atoms with Gasteiger partial charge in [-0.15, -0.1) is 5.10 Å². The molecule has 2 N–H and O–H groups in total. The van der Waals surface area contributed by atoms with E-state index in [1.165, 1.54) is 4.57 Å². The third kappa shape index (κ3) is 2.05. The zero-order chi connectivity index (χ0) is 14.1. The number of para-hydroxylation sites is 1. The molecule has 0 saturated heterocycles. The summed E-state index contributed by atoms with van der Waals surface area (Å²) in [4.78, 5) is 15.1. The highest BCUT2D eigenvalue weighted by Crippen LogP contribution is 2.20. The van der Waals surface area contributed by atoms with Crippen molar-refractivity contribution < 1.29 is 0 Å². The van der Waals surface area contributed by atoms with Gasteiger partial charge in [-0.05, 0) is 12.1 Å². The topological polar surface area (TPSA) is 91.6 Å². The Bertz CT molecular complexity index is 805. The van der Waals surface area contributed by atoms with Gasteiger partial charge in [0.25, 0.3) is 0 Å². The van der Waals surface area contributed by atoms with Crippen LogP contribution in [0.2, 0.25) is 0 Å². The van der Waals surface area contributed by atoms with Crippen molar-refractivity contribution in [3.63, 3.8) is 0 Å². The van der Waals surface area contributed by atoms with Gasteiger partial charge in [0.05, 0.1) is 17.4 Å². The van der Waals surface area contributed by atoms with E-state index in [0.29, 0.717) is 11.3 Å². The number of benzene rings is 1. The Labute approximate surface area is 114 Å². The minimum atomic E-state index is -0.401. The molecule has 2 aromatic heterocycles. The molecular formula is C13H12N6O. The smallest absolute Gasteiger partial charge is 0.349 e. The van der Waals surface area contributed by atoms with E-state index in [2.05, 4.69) is 15.3 Å². The number of anilines is 1. The summed E-state index contributed by atoms with van der Waals surface area (Å²) in [5, 5.41) is 8.12. The number of nitrogens with zero attached hydrogens (tertiary/aromatic N) is 5. The van der Waals surface area contributed by atoms with E-state index in [0.717, 1.165) is 5.69 Å². The van der Waals surface area contributed by atoms with Gasteiger partial charge >= 0.3 is 5.69 Å². The largest absolute Gasteiger partial charge is 0.383 e. The maximum Gasteiger partial charge on any atom is 0.349 e. The van der Waals surface area contributed by atoms with E-state index in [1.807, 2.05) is 30.3 Å². The lowest BCUT2D eigenvalue weighted by Crippen LogP contribution is -2.21. The third-order valence-corrected chi connectivity index (χ3v) is 2.91. The van der Waals surface area contributed by atoms with E-state index in [4.69, 9.17) is 5.73 Å². The number of nitrogen functional groups attached to an aromatic ring is 1. The molecule has 0 spiro atoms. The van der Waals surface area contributed by atoms with Crippen LogP contribution in [0.5, 0.6) is 0 Å². The fourth-order valence-electron chi connectivity index (χ4n) is 1.85. The van der Waals surface area contributed by atoms with E-state index in [9.17, 15) is 4.79 Å². The Balaban J connectivity index is 2.07. The van der Waals surface area contributed by atoms with Crippen molar-refractivity contribution in [3.05, 3.63) is 53.2 Å². The van der Waals surface area contributed by atoms with Crippen molar-refractivity contribution in [2.75, 3.05) is 5.73 Å². The molecule has 3 aromatic rings. The summed E-state index contributed by atoms with van der Waals surface area (Å²) >= 11 is 0. The van der Waals surface area contributed by atoms with Gasteiger partial charge in [-0.25, -0.2) is 9.48 Å². The fourth-order valence-corrected chi connectivity index (χ4v) is 1.85. The molecule has 100 valence electrons. The molecule has 0 unspecified atom stereocenters. The van der Waals surface area contributed by atoms with Crippen LogP contribution in [0.15, 0.2) is 47.5 Å². The first-order valence-corrected chi connectivity index (χ1v) is 5.96. The molecule has 7 nitrogen and oxygen atoms in total. The van der Waals surface area contributed by atoms with Crippen LogP contribution in [0.3, 0.4) is 0 Å². The van der Waals surface area contributed by atoms with E-state index < -0.39 is 5.69 Å². The van der Waals surface area contributed by atoms with Crippen LogP contribution >= 0.6 is 0 Å². The molecule has 2 heterocycles. The van der Waals surface area contributed by atoms with Crippen molar-refractivity contribution in [1.29, 1.82) is 0 Å². The summed E-state index contributed by atoms with van der Waals surface area (Å²) in [6.07, 6.45) is 3.34. The van der Waals surface area contributed by atoms with Crippen molar-refractivity contribution in [2.45, 2.75) is 0 Å². The number of hydrogen-bond donors (Lipinski definition) is 1. The minimum Gasteiger partial charge on any atom is -0.383 e. The van der Waals surface area contributed by atoms with Gasteiger partial charge in [0.1, 0.15) is 11.5 Å². The summed E-state index contributed by atoms with van der Waals surface area (Å²) in [7, 11) is 1.61. The maximum absolute atomic E-state index is 11.4. The number of hydrogen-bond acceptors (Lipinski definition) is 5. The lowest BCUT2D eigenvalue weighted by atomic mass is 10.2. The first kappa shape index (κ1) is 12.1. The SMILES string of the molecule is Cn1cc(-c2cn(-c3ccccc3)nn2)c(N)nc1=O. The van der Waals surface area contributed by atoms with E-state index in [-0.39, 0.29) is 5.82 Å². The highest BCUT2D eigenvalue weighted by atomic mass is 16.1. The van der Waals surface area contributed by atoms with Crippen LogP contribution < -0.4 is 11.4 Å². The van der Waals surface area contributed by atoms with Gasteiger partial charge in [-0.2, -0.15) is 4.98 Å². The van der Waals surface area contributed by atoms with Crippen LogP contribution in [-0.2, 0) is 7.05 Å². The Morgan fingerprint density at radius 1 is 1.15 bits per heavy atom. The fraction of sp³-hybridized carbons (Fsp3) is 0.0769. The van der Waals surface area contributed by atoms with Crippen molar-refractivity contribution in [2.24, 2.45) is 7.05 Å². The summed E-state index contributed by atoms with van der Waals surface area (Å²) < 4.78 is 2.99. The second-order valence-corrected chi connectivity index (χ2v) is 4.32. The predicted octanol–water partition coefficient (Wildman–Crippen LogP) is 0.610. The van der Waals surface area contributed by atoms with Crippen LogP contribution in [-0.4, -0.2) is 24.5 Å². The molecule has 7 heteroatoms. The molecule has 0 fully saturated rings. The Morgan fingerprint density at radius 2 is 1.90 bits per heavy atom. The van der Waals surface area contributed by atoms with Crippen LogP contribution in [0, 0.1) is 0 Å². The van der Waals surface area contributed by atoms with Gasteiger partial charge in [-0.3, -0.25) is 0 Å². The molecule has 1 aromatic carbocycles.